The average Bonchev–Trinajstić information content (AvgIpc) is 3.59. The highest BCUT2D eigenvalue weighted by Crippen LogP contribution is 2.34. The molecule has 1 saturated heterocycles. The lowest BCUT2D eigenvalue weighted by Crippen LogP contribution is -2.48. The zero-order chi connectivity index (χ0) is 27.0. The van der Waals surface area contributed by atoms with Gasteiger partial charge in [-0.15, -0.1) is 12.4 Å². The fourth-order valence-electron chi connectivity index (χ4n) is 5.09. The second-order valence-electron chi connectivity index (χ2n) is 9.65. The number of aromatic nitrogens is 1. The highest BCUT2D eigenvalue weighted by molar-refractivity contribution is 7.92. The van der Waals surface area contributed by atoms with E-state index in [4.69, 9.17) is 16.6 Å². The Morgan fingerprint density at radius 1 is 0.950 bits per heavy atom. The van der Waals surface area contributed by atoms with Crippen LogP contribution in [0.5, 0.6) is 0 Å². The quantitative estimate of drug-likeness (QED) is 0.324. The third kappa shape index (κ3) is 5.64. The molecule has 0 radical (unpaired) electrons. The lowest BCUT2D eigenvalue weighted by molar-refractivity contribution is 0.0947. The van der Waals surface area contributed by atoms with Gasteiger partial charge in [-0.3, -0.25) is 14.0 Å². The molecule has 2 aliphatic heterocycles. The number of anilines is 2. The van der Waals surface area contributed by atoms with Crippen LogP contribution < -0.4 is 14.5 Å². The first kappa shape index (κ1) is 28.6. The van der Waals surface area contributed by atoms with Crippen molar-refractivity contribution in [2.24, 2.45) is 0 Å². The van der Waals surface area contributed by atoms with E-state index in [1.807, 2.05) is 42.5 Å². The van der Waals surface area contributed by atoms with Crippen molar-refractivity contribution in [1.29, 1.82) is 0 Å². The summed E-state index contributed by atoms with van der Waals surface area (Å²) in [6.07, 6.45) is 0.696. The molecule has 3 heterocycles. The largest absolute Gasteiger partial charge is 0.351 e. The Balaban J connectivity index is 0.00000323. The van der Waals surface area contributed by atoms with Crippen LogP contribution in [-0.2, 0) is 16.4 Å². The number of nitrogens with one attached hydrogen (secondary N) is 1. The van der Waals surface area contributed by atoms with Gasteiger partial charge in [0.05, 0.1) is 20.3 Å². The number of fused-ring (bicyclic) bond motifs is 2. The fraction of sp³-hybridized carbons (Fsp3) is 0.286. The normalized spacial score (nSPS) is 15.6. The molecule has 1 aromatic heterocycles. The van der Waals surface area contributed by atoms with E-state index in [0.717, 1.165) is 59.3 Å². The monoisotopic (exact) mass is 617 g/mol. The van der Waals surface area contributed by atoms with E-state index >= 15 is 0 Å². The molecule has 0 bridgehead atoms. The predicted octanol–water partition coefficient (Wildman–Crippen LogP) is 4.67. The number of thiazole rings is 1. The molecule has 4 aromatic rings. The minimum Gasteiger partial charge on any atom is -0.351 e. The number of hydrogen-bond acceptors (Lipinski definition) is 7. The van der Waals surface area contributed by atoms with Gasteiger partial charge in [0.15, 0.2) is 5.13 Å². The van der Waals surface area contributed by atoms with Crippen molar-refractivity contribution >= 4 is 72.3 Å². The molecular formula is C28H29Cl2N5O3S2. The first-order valence-corrected chi connectivity index (χ1v) is 15.5. The van der Waals surface area contributed by atoms with E-state index in [1.165, 1.54) is 16.4 Å². The number of carbonyl (C=O) groups is 1. The van der Waals surface area contributed by atoms with Crippen LogP contribution in [0.1, 0.15) is 15.9 Å². The molecule has 8 nitrogen and oxygen atoms in total. The highest BCUT2D eigenvalue weighted by Gasteiger charge is 2.30. The molecule has 12 heteroatoms. The zero-order valence-corrected chi connectivity index (χ0v) is 24.8. The average molecular weight is 619 g/mol. The van der Waals surface area contributed by atoms with Gasteiger partial charge in [-0.05, 0) is 54.4 Å². The van der Waals surface area contributed by atoms with Gasteiger partial charge in [-0.1, -0.05) is 47.2 Å². The summed E-state index contributed by atoms with van der Waals surface area (Å²) in [5.74, 6) is -0.213. The molecule has 0 spiro atoms. The molecule has 1 N–H and O–H groups in total. The van der Waals surface area contributed by atoms with Crippen LogP contribution in [0.2, 0.25) is 5.02 Å². The Bertz CT molecular complexity index is 1620. The van der Waals surface area contributed by atoms with Crippen LogP contribution in [0.15, 0.2) is 71.6 Å². The van der Waals surface area contributed by atoms with E-state index in [1.54, 1.807) is 23.5 Å². The number of sulfonamides is 1. The third-order valence-corrected chi connectivity index (χ3v) is 10.5. The number of piperazine rings is 1. The number of carbonyl (C=O) groups excluding carboxylic acids is 1. The number of benzene rings is 3. The van der Waals surface area contributed by atoms with Gasteiger partial charge >= 0.3 is 0 Å². The fourth-order valence-corrected chi connectivity index (χ4v) is 7.91. The molecular weight excluding hydrogens is 589 g/mol. The van der Waals surface area contributed by atoms with Crippen LogP contribution in [0.25, 0.3) is 10.2 Å². The molecule has 0 aliphatic carbocycles. The van der Waals surface area contributed by atoms with Gasteiger partial charge in [0.25, 0.3) is 15.9 Å². The smallest absolute Gasteiger partial charge is 0.264 e. The highest BCUT2D eigenvalue weighted by atomic mass is 35.5. The molecule has 1 amide bonds. The van der Waals surface area contributed by atoms with Crippen molar-refractivity contribution in [2.45, 2.75) is 11.3 Å². The molecule has 3 aromatic carbocycles. The van der Waals surface area contributed by atoms with E-state index in [2.05, 4.69) is 15.1 Å². The number of amides is 1. The van der Waals surface area contributed by atoms with Crippen LogP contribution in [0, 0.1) is 0 Å². The first-order chi connectivity index (χ1) is 18.9. The summed E-state index contributed by atoms with van der Waals surface area (Å²) < 4.78 is 29.0. The number of nitrogens with zero attached hydrogens (tertiary/aromatic N) is 4. The van der Waals surface area contributed by atoms with Gasteiger partial charge in [-0.2, -0.15) is 0 Å². The standard InChI is InChI=1S/C28H28ClN5O3S2.ClH/c29-23-5-3-7-25-26(23)31-28(38-25)33-18-16-32(17-19-33)15-13-30-27(35)21-8-10-22(11-9-21)39(36,37)34-14-12-20-4-1-2-6-24(20)34;/h1-11H,12-19H2,(H,30,35);1H. The first-order valence-electron chi connectivity index (χ1n) is 12.9. The minimum absolute atomic E-state index is 0. The molecule has 6 rings (SSSR count). The molecule has 40 heavy (non-hydrogen) atoms. The third-order valence-electron chi connectivity index (χ3n) is 7.26. The van der Waals surface area contributed by atoms with Crippen LogP contribution in [-0.4, -0.2) is 70.0 Å². The Morgan fingerprint density at radius 3 is 2.45 bits per heavy atom. The summed E-state index contributed by atoms with van der Waals surface area (Å²) in [4.78, 5) is 22.2. The van der Waals surface area contributed by atoms with Gasteiger partial charge in [0.2, 0.25) is 0 Å². The molecule has 1 fully saturated rings. The van der Waals surface area contributed by atoms with Gasteiger partial charge in [0.1, 0.15) is 5.52 Å². The van der Waals surface area contributed by atoms with Gasteiger partial charge in [-0.25, -0.2) is 13.4 Å². The Hall–Kier alpha value is -2.89. The number of para-hydroxylation sites is 2. The van der Waals surface area contributed by atoms with Crippen molar-refractivity contribution in [1.82, 2.24) is 15.2 Å². The van der Waals surface area contributed by atoms with Crippen LogP contribution in [0.4, 0.5) is 10.8 Å². The maximum atomic E-state index is 13.2. The molecule has 2 aliphatic rings. The Morgan fingerprint density at radius 2 is 1.70 bits per heavy atom. The van der Waals surface area contributed by atoms with Crippen molar-refractivity contribution in [3.63, 3.8) is 0 Å². The van der Waals surface area contributed by atoms with Crippen molar-refractivity contribution in [2.75, 3.05) is 55.0 Å². The number of rotatable bonds is 7. The lowest BCUT2D eigenvalue weighted by atomic mass is 10.2. The second kappa shape index (κ2) is 11.9. The van der Waals surface area contributed by atoms with E-state index in [0.29, 0.717) is 30.1 Å². The van der Waals surface area contributed by atoms with Crippen molar-refractivity contribution < 1.29 is 13.2 Å². The summed E-state index contributed by atoms with van der Waals surface area (Å²) in [5, 5.41) is 4.63. The topological polar surface area (TPSA) is 85.9 Å². The molecule has 0 unspecified atom stereocenters. The minimum atomic E-state index is -3.68. The zero-order valence-electron chi connectivity index (χ0n) is 21.6. The van der Waals surface area contributed by atoms with Gasteiger partial charge < -0.3 is 10.2 Å². The second-order valence-corrected chi connectivity index (χ2v) is 12.9. The maximum Gasteiger partial charge on any atom is 0.264 e. The summed E-state index contributed by atoms with van der Waals surface area (Å²) >= 11 is 7.94. The number of hydrogen-bond donors (Lipinski definition) is 1. The number of halogens is 2. The van der Waals surface area contributed by atoms with Crippen LogP contribution >= 0.6 is 35.3 Å². The summed E-state index contributed by atoms with van der Waals surface area (Å²) in [6.45, 7) is 5.17. The predicted molar refractivity (Wildman–Crippen MR) is 164 cm³/mol. The van der Waals surface area contributed by atoms with Gasteiger partial charge in [0, 0.05) is 51.4 Å². The SMILES string of the molecule is Cl.O=C(NCCN1CCN(c2nc3c(Cl)cccc3s2)CC1)c1ccc(S(=O)(=O)N2CCc3ccccc32)cc1. The van der Waals surface area contributed by atoms with E-state index in [-0.39, 0.29) is 23.2 Å². The molecule has 0 atom stereocenters. The summed E-state index contributed by atoms with van der Waals surface area (Å²) in [7, 11) is -3.68. The van der Waals surface area contributed by atoms with E-state index in [9.17, 15) is 13.2 Å². The summed E-state index contributed by atoms with van der Waals surface area (Å²) in [5.41, 5.74) is 3.05. The molecule has 0 saturated carbocycles. The lowest BCUT2D eigenvalue weighted by Gasteiger charge is -2.34. The Kier molecular flexibility index (Phi) is 8.53. The van der Waals surface area contributed by atoms with Crippen molar-refractivity contribution in [3.05, 3.63) is 82.9 Å². The molecule has 210 valence electrons. The maximum absolute atomic E-state index is 13.2. The van der Waals surface area contributed by atoms with Crippen LogP contribution in [0.3, 0.4) is 0 Å². The van der Waals surface area contributed by atoms with Crippen molar-refractivity contribution in [3.8, 4) is 0 Å². The summed E-state index contributed by atoms with van der Waals surface area (Å²) in [6, 6.07) is 19.6. The Labute approximate surface area is 249 Å². The van der Waals surface area contributed by atoms with E-state index < -0.39 is 10.0 Å².